The van der Waals surface area contributed by atoms with Crippen molar-refractivity contribution >= 4 is 35.5 Å². The first-order valence-corrected chi connectivity index (χ1v) is 10.3. The van der Waals surface area contributed by atoms with E-state index < -0.39 is 72.0 Å². The fourth-order valence-electron chi connectivity index (χ4n) is 3.37. The second-order valence-corrected chi connectivity index (χ2v) is 8.10. The highest BCUT2D eigenvalue weighted by molar-refractivity contribution is 5.96. The lowest BCUT2D eigenvalue weighted by Gasteiger charge is -2.29. The Hall–Kier alpha value is -3.22. The highest BCUT2D eigenvalue weighted by Gasteiger charge is 2.39. The number of hydrogen-bond donors (Lipinski definition) is 6. The molecular weight excluding hydrogens is 424 g/mol. The Balaban J connectivity index is 2.94. The average Bonchev–Trinajstić information content (AvgIpc) is 3.18. The number of primary amides is 2. The van der Waals surface area contributed by atoms with E-state index in [1.54, 1.807) is 13.8 Å². The number of carbonyl (C=O) groups excluding carboxylic acids is 5. The van der Waals surface area contributed by atoms with Crippen molar-refractivity contribution in [2.24, 2.45) is 23.1 Å². The third kappa shape index (κ3) is 7.80. The molecule has 1 aliphatic rings. The lowest BCUT2D eigenvalue weighted by Crippen LogP contribution is -2.59. The molecule has 1 fully saturated rings. The number of nitrogens with two attached hydrogens (primary N) is 3. The zero-order valence-electron chi connectivity index (χ0n) is 18.2. The molecule has 4 atom stereocenters. The first-order valence-electron chi connectivity index (χ1n) is 10.3. The third-order valence-corrected chi connectivity index (χ3v) is 5.13. The number of nitrogens with one attached hydrogen (secondary N) is 2. The van der Waals surface area contributed by atoms with Gasteiger partial charge in [0.15, 0.2) is 0 Å². The van der Waals surface area contributed by atoms with Crippen LogP contribution in [0.3, 0.4) is 0 Å². The highest BCUT2D eigenvalue weighted by atomic mass is 16.4. The zero-order chi connectivity index (χ0) is 24.6. The summed E-state index contributed by atoms with van der Waals surface area (Å²) in [5, 5.41) is 14.2. The van der Waals surface area contributed by atoms with Gasteiger partial charge in [0.2, 0.25) is 29.5 Å². The van der Waals surface area contributed by atoms with Gasteiger partial charge in [0.1, 0.15) is 18.1 Å². The van der Waals surface area contributed by atoms with Gasteiger partial charge in [-0.3, -0.25) is 24.0 Å². The van der Waals surface area contributed by atoms with Crippen molar-refractivity contribution in [2.75, 3.05) is 6.54 Å². The van der Waals surface area contributed by atoms with Gasteiger partial charge in [-0.15, -0.1) is 0 Å². The molecule has 13 nitrogen and oxygen atoms in total. The molecule has 1 heterocycles. The molecule has 0 spiro atoms. The van der Waals surface area contributed by atoms with E-state index in [4.69, 9.17) is 17.2 Å². The Morgan fingerprint density at radius 1 is 1.03 bits per heavy atom. The minimum Gasteiger partial charge on any atom is -0.480 e. The first kappa shape index (κ1) is 26.8. The van der Waals surface area contributed by atoms with Gasteiger partial charge in [0.05, 0.1) is 12.5 Å². The summed E-state index contributed by atoms with van der Waals surface area (Å²) in [6.07, 6.45) is 0.0646. The lowest BCUT2D eigenvalue weighted by molar-refractivity contribution is -0.149. The maximum atomic E-state index is 12.9. The normalized spacial score (nSPS) is 18.5. The Bertz CT molecular complexity index is 756. The van der Waals surface area contributed by atoms with Crippen molar-refractivity contribution in [3.05, 3.63) is 0 Å². The van der Waals surface area contributed by atoms with Gasteiger partial charge in [-0.25, -0.2) is 4.79 Å². The number of nitrogens with zero attached hydrogens (tertiary/aromatic N) is 1. The molecular formula is C19H32N6O7. The monoisotopic (exact) mass is 456 g/mol. The highest BCUT2D eigenvalue weighted by Crippen LogP contribution is 2.19. The van der Waals surface area contributed by atoms with Crippen LogP contribution in [0, 0.1) is 5.92 Å². The van der Waals surface area contributed by atoms with Crippen LogP contribution in [0.4, 0.5) is 0 Å². The van der Waals surface area contributed by atoms with Gasteiger partial charge in [0.25, 0.3) is 0 Å². The summed E-state index contributed by atoms with van der Waals surface area (Å²) in [6.45, 7) is 3.45. The summed E-state index contributed by atoms with van der Waals surface area (Å²) in [7, 11) is 0. The van der Waals surface area contributed by atoms with Crippen molar-refractivity contribution in [1.29, 1.82) is 0 Å². The smallest absolute Gasteiger partial charge is 0.326 e. The number of amides is 5. The quantitative estimate of drug-likeness (QED) is 0.179. The summed E-state index contributed by atoms with van der Waals surface area (Å²) in [6, 6.07) is -4.64. The van der Waals surface area contributed by atoms with Crippen molar-refractivity contribution in [1.82, 2.24) is 15.5 Å². The Morgan fingerprint density at radius 3 is 2.16 bits per heavy atom. The molecule has 13 heteroatoms. The van der Waals surface area contributed by atoms with Gasteiger partial charge in [-0.1, -0.05) is 13.8 Å². The van der Waals surface area contributed by atoms with Gasteiger partial charge >= 0.3 is 5.97 Å². The number of carboxylic acid groups (broad SMARTS) is 1. The van der Waals surface area contributed by atoms with E-state index in [-0.39, 0.29) is 25.8 Å². The molecule has 4 unspecified atom stereocenters. The van der Waals surface area contributed by atoms with Gasteiger partial charge in [-0.2, -0.15) is 0 Å². The molecule has 1 rings (SSSR count). The van der Waals surface area contributed by atoms with Crippen LogP contribution in [0.25, 0.3) is 0 Å². The van der Waals surface area contributed by atoms with Crippen molar-refractivity contribution in [3.63, 3.8) is 0 Å². The average molecular weight is 457 g/mol. The second-order valence-electron chi connectivity index (χ2n) is 8.10. The van der Waals surface area contributed by atoms with E-state index in [0.717, 1.165) is 4.90 Å². The predicted octanol–water partition coefficient (Wildman–Crippen LogP) is -2.84. The van der Waals surface area contributed by atoms with Crippen LogP contribution in [-0.4, -0.2) is 76.2 Å². The maximum Gasteiger partial charge on any atom is 0.326 e. The molecule has 32 heavy (non-hydrogen) atoms. The number of aliphatic carboxylic acids is 1. The number of rotatable bonds is 12. The lowest BCUT2D eigenvalue weighted by atomic mass is 10.0. The minimum absolute atomic E-state index is 0.0120. The Morgan fingerprint density at radius 2 is 1.66 bits per heavy atom. The molecule has 0 aromatic rings. The predicted molar refractivity (Wildman–Crippen MR) is 111 cm³/mol. The largest absolute Gasteiger partial charge is 0.480 e. The van der Waals surface area contributed by atoms with Crippen LogP contribution in [0.15, 0.2) is 0 Å². The Labute approximate surface area is 185 Å². The summed E-state index contributed by atoms with van der Waals surface area (Å²) in [4.78, 5) is 72.9. The topological polar surface area (TPSA) is 228 Å². The number of carboxylic acids is 1. The van der Waals surface area contributed by atoms with E-state index >= 15 is 0 Å². The molecule has 0 bridgehead atoms. The summed E-state index contributed by atoms with van der Waals surface area (Å²) in [5.74, 6) is -5.30. The molecule has 180 valence electrons. The van der Waals surface area contributed by atoms with Gasteiger partial charge < -0.3 is 37.8 Å². The summed E-state index contributed by atoms with van der Waals surface area (Å²) < 4.78 is 0. The van der Waals surface area contributed by atoms with E-state index in [1.165, 1.54) is 0 Å². The van der Waals surface area contributed by atoms with Crippen LogP contribution in [0.1, 0.15) is 46.0 Å². The van der Waals surface area contributed by atoms with Crippen molar-refractivity contribution in [3.8, 4) is 0 Å². The van der Waals surface area contributed by atoms with E-state index in [9.17, 15) is 33.9 Å². The SMILES string of the molecule is CC(C)C(NC(=O)C(N)CCC(N)=O)C(=O)NC(CC(N)=O)C(=O)N1CCCC1C(=O)O. The third-order valence-electron chi connectivity index (χ3n) is 5.13. The van der Waals surface area contributed by atoms with Crippen molar-refractivity contribution < 1.29 is 33.9 Å². The molecule has 0 aliphatic carbocycles. The number of hydrogen-bond acceptors (Lipinski definition) is 7. The minimum atomic E-state index is -1.39. The molecule has 0 aromatic heterocycles. The van der Waals surface area contributed by atoms with Crippen LogP contribution in [0.2, 0.25) is 0 Å². The first-order chi connectivity index (χ1) is 14.8. The van der Waals surface area contributed by atoms with E-state index in [1.807, 2.05) is 0 Å². The molecule has 0 saturated carbocycles. The fourth-order valence-corrected chi connectivity index (χ4v) is 3.37. The van der Waals surface area contributed by atoms with E-state index in [2.05, 4.69) is 10.6 Å². The second kappa shape index (κ2) is 12.0. The summed E-state index contributed by atoms with van der Waals surface area (Å²) >= 11 is 0. The Kier molecular flexibility index (Phi) is 10.0. The molecule has 1 saturated heterocycles. The van der Waals surface area contributed by atoms with Gasteiger partial charge in [0, 0.05) is 13.0 Å². The van der Waals surface area contributed by atoms with Gasteiger partial charge in [-0.05, 0) is 25.2 Å². The maximum absolute atomic E-state index is 12.9. The molecule has 1 aliphatic heterocycles. The van der Waals surface area contributed by atoms with Crippen LogP contribution in [-0.2, 0) is 28.8 Å². The molecule has 0 aromatic carbocycles. The molecule has 0 radical (unpaired) electrons. The van der Waals surface area contributed by atoms with Crippen molar-refractivity contribution in [2.45, 2.75) is 70.1 Å². The molecule has 9 N–H and O–H groups in total. The summed E-state index contributed by atoms with van der Waals surface area (Å²) in [5.41, 5.74) is 16.0. The van der Waals surface area contributed by atoms with E-state index in [0.29, 0.717) is 6.42 Å². The number of likely N-dealkylation sites (tertiary alicyclic amines) is 1. The molecule has 5 amide bonds. The standard InChI is InChI=1S/C19H32N6O7/c1-9(2)15(24-16(28)10(20)5-6-13(21)26)17(29)23-11(8-14(22)27)18(30)25-7-3-4-12(25)19(31)32/h9-12,15H,3-8,20H2,1-2H3,(H2,21,26)(H2,22,27)(H,23,29)(H,24,28)(H,31,32). The fraction of sp³-hybridized carbons (Fsp3) is 0.684. The zero-order valence-corrected chi connectivity index (χ0v) is 18.2. The van der Waals surface area contributed by atoms with Crippen LogP contribution >= 0.6 is 0 Å². The number of carbonyl (C=O) groups is 6. The van der Waals surface area contributed by atoms with Crippen LogP contribution < -0.4 is 27.8 Å². The van der Waals surface area contributed by atoms with Crippen LogP contribution in [0.5, 0.6) is 0 Å².